The molecule has 1 aromatic carbocycles. The van der Waals surface area contributed by atoms with Crippen molar-refractivity contribution in [1.29, 1.82) is 0 Å². The Morgan fingerprint density at radius 3 is 2.53 bits per heavy atom. The number of guanidine groups is 1. The molecule has 1 atom stereocenters. The quantitative estimate of drug-likeness (QED) is 0.502. The van der Waals surface area contributed by atoms with E-state index >= 15 is 0 Å². The minimum absolute atomic E-state index is 0.152. The molecule has 7 nitrogen and oxygen atoms in total. The van der Waals surface area contributed by atoms with E-state index in [-0.39, 0.29) is 11.6 Å². The zero-order valence-corrected chi connectivity index (χ0v) is 19.2. The van der Waals surface area contributed by atoms with Gasteiger partial charge in [-0.25, -0.2) is 0 Å². The fraction of sp³-hybridized carbons (Fsp3) is 0.682. The SMILES string of the molecule is CN=C(NCCN1CCOCC1)NCC(c1ccc(Cl)cc1)N1CCOC(C)(C)C1. The third-order valence-electron chi connectivity index (χ3n) is 5.66. The predicted molar refractivity (Wildman–Crippen MR) is 122 cm³/mol. The number of nitrogens with one attached hydrogen (secondary N) is 2. The molecule has 0 aliphatic carbocycles. The predicted octanol–water partition coefficient (Wildman–Crippen LogP) is 1.99. The first-order valence-corrected chi connectivity index (χ1v) is 11.2. The average Bonchev–Trinajstić information content (AvgIpc) is 2.74. The molecule has 2 heterocycles. The van der Waals surface area contributed by atoms with Gasteiger partial charge in [0.2, 0.25) is 0 Å². The van der Waals surface area contributed by atoms with Crippen LogP contribution in [0.4, 0.5) is 0 Å². The highest BCUT2D eigenvalue weighted by atomic mass is 35.5. The highest BCUT2D eigenvalue weighted by molar-refractivity contribution is 6.30. The Morgan fingerprint density at radius 2 is 1.87 bits per heavy atom. The summed E-state index contributed by atoms with van der Waals surface area (Å²) in [6.07, 6.45) is 0. The lowest BCUT2D eigenvalue weighted by Crippen LogP contribution is -2.52. The van der Waals surface area contributed by atoms with Crippen LogP contribution in [0.15, 0.2) is 29.3 Å². The van der Waals surface area contributed by atoms with Crippen molar-refractivity contribution in [2.75, 3.05) is 72.7 Å². The van der Waals surface area contributed by atoms with Crippen LogP contribution in [0.2, 0.25) is 5.02 Å². The maximum absolute atomic E-state index is 6.13. The van der Waals surface area contributed by atoms with E-state index in [1.165, 1.54) is 5.56 Å². The van der Waals surface area contributed by atoms with Gasteiger partial charge in [-0.15, -0.1) is 0 Å². The van der Waals surface area contributed by atoms with Crippen molar-refractivity contribution in [1.82, 2.24) is 20.4 Å². The molecule has 0 aromatic heterocycles. The van der Waals surface area contributed by atoms with Crippen LogP contribution in [0.3, 0.4) is 0 Å². The van der Waals surface area contributed by atoms with Crippen LogP contribution < -0.4 is 10.6 Å². The Morgan fingerprint density at radius 1 is 1.13 bits per heavy atom. The van der Waals surface area contributed by atoms with Crippen LogP contribution in [-0.4, -0.2) is 94.0 Å². The minimum Gasteiger partial charge on any atom is -0.379 e. The van der Waals surface area contributed by atoms with Crippen LogP contribution >= 0.6 is 11.6 Å². The number of morpholine rings is 2. The summed E-state index contributed by atoms with van der Waals surface area (Å²) < 4.78 is 11.3. The van der Waals surface area contributed by atoms with Gasteiger partial charge >= 0.3 is 0 Å². The monoisotopic (exact) mass is 437 g/mol. The lowest BCUT2D eigenvalue weighted by atomic mass is 10.0. The van der Waals surface area contributed by atoms with E-state index in [9.17, 15) is 0 Å². The third-order valence-corrected chi connectivity index (χ3v) is 5.91. The highest BCUT2D eigenvalue weighted by Crippen LogP contribution is 2.27. The number of hydrogen-bond donors (Lipinski definition) is 2. The van der Waals surface area contributed by atoms with E-state index in [4.69, 9.17) is 21.1 Å². The number of aliphatic imine (C=N–C) groups is 1. The Bertz CT molecular complexity index is 677. The summed E-state index contributed by atoms with van der Waals surface area (Å²) in [5.74, 6) is 0.828. The molecule has 1 aromatic rings. The van der Waals surface area contributed by atoms with Gasteiger partial charge in [-0.3, -0.25) is 14.8 Å². The minimum atomic E-state index is -0.152. The molecule has 2 aliphatic rings. The van der Waals surface area contributed by atoms with Crippen LogP contribution in [0.1, 0.15) is 25.5 Å². The van der Waals surface area contributed by atoms with Gasteiger partial charge in [-0.1, -0.05) is 23.7 Å². The van der Waals surface area contributed by atoms with Crippen LogP contribution in [0.5, 0.6) is 0 Å². The Hall–Kier alpha value is -1.38. The van der Waals surface area contributed by atoms with Crippen molar-refractivity contribution in [3.63, 3.8) is 0 Å². The zero-order chi connectivity index (χ0) is 21.4. The first-order valence-electron chi connectivity index (χ1n) is 10.8. The first-order chi connectivity index (χ1) is 14.5. The summed E-state index contributed by atoms with van der Waals surface area (Å²) in [5.41, 5.74) is 1.09. The van der Waals surface area contributed by atoms with Crippen molar-refractivity contribution in [3.8, 4) is 0 Å². The van der Waals surface area contributed by atoms with Crippen molar-refractivity contribution >= 4 is 17.6 Å². The number of rotatable bonds is 7. The summed E-state index contributed by atoms with van der Waals surface area (Å²) in [5, 5.41) is 7.73. The van der Waals surface area contributed by atoms with Gasteiger partial charge in [0.05, 0.1) is 31.5 Å². The number of hydrogen-bond acceptors (Lipinski definition) is 5. The number of ether oxygens (including phenoxy) is 2. The second kappa shape index (κ2) is 11.3. The van der Waals surface area contributed by atoms with Crippen LogP contribution in [-0.2, 0) is 9.47 Å². The molecule has 0 saturated carbocycles. The molecule has 0 spiro atoms. The fourth-order valence-corrected chi connectivity index (χ4v) is 4.16. The van der Waals surface area contributed by atoms with E-state index in [1.54, 1.807) is 0 Å². The molecule has 168 valence electrons. The largest absolute Gasteiger partial charge is 0.379 e. The normalized spacial score (nSPS) is 21.9. The first kappa shape index (κ1) is 23.3. The summed E-state index contributed by atoms with van der Waals surface area (Å²) in [4.78, 5) is 9.31. The maximum Gasteiger partial charge on any atom is 0.191 e. The summed E-state index contributed by atoms with van der Waals surface area (Å²) in [6, 6.07) is 8.37. The Kier molecular flexibility index (Phi) is 8.77. The van der Waals surface area contributed by atoms with E-state index in [1.807, 2.05) is 19.2 Å². The molecule has 30 heavy (non-hydrogen) atoms. The molecule has 2 fully saturated rings. The van der Waals surface area contributed by atoms with Gasteiger partial charge in [-0.05, 0) is 31.5 Å². The Labute approximate surface area is 185 Å². The highest BCUT2D eigenvalue weighted by Gasteiger charge is 2.32. The number of nitrogens with zero attached hydrogens (tertiary/aromatic N) is 3. The molecule has 2 N–H and O–H groups in total. The molecule has 3 rings (SSSR count). The molecule has 0 radical (unpaired) electrons. The second-order valence-corrected chi connectivity index (χ2v) is 8.92. The van der Waals surface area contributed by atoms with Gasteiger partial charge in [0.1, 0.15) is 0 Å². The number of halogens is 1. The topological polar surface area (TPSA) is 61.4 Å². The fourth-order valence-electron chi connectivity index (χ4n) is 4.03. The van der Waals surface area contributed by atoms with Crippen LogP contribution in [0, 0.1) is 0 Å². The second-order valence-electron chi connectivity index (χ2n) is 8.48. The van der Waals surface area contributed by atoms with Crippen molar-refractivity contribution < 1.29 is 9.47 Å². The van der Waals surface area contributed by atoms with Gasteiger partial charge < -0.3 is 20.1 Å². The van der Waals surface area contributed by atoms with Gasteiger partial charge in [-0.2, -0.15) is 0 Å². The van der Waals surface area contributed by atoms with Crippen molar-refractivity contribution in [2.24, 2.45) is 4.99 Å². The summed E-state index contributed by atoms with van der Waals surface area (Å²) in [6.45, 7) is 13.1. The molecule has 0 bridgehead atoms. The van der Waals surface area contributed by atoms with Gasteiger partial charge in [0.25, 0.3) is 0 Å². The standard InChI is InChI=1S/C22H36ClN5O2/c1-22(2)17-28(12-15-30-22)20(18-4-6-19(23)7-5-18)16-26-21(24-3)25-8-9-27-10-13-29-14-11-27/h4-7,20H,8-17H2,1-3H3,(H2,24,25,26). The molecular formula is C22H36ClN5O2. The molecule has 8 heteroatoms. The summed E-state index contributed by atoms with van der Waals surface area (Å²) in [7, 11) is 1.82. The Balaban J connectivity index is 1.58. The van der Waals surface area contributed by atoms with E-state index in [0.717, 1.165) is 76.6 Å². The van der Waals surface area contributed by atoms with E-state index in [2.05, 4.69) is 51.4 Å². The zero-order valence-electron chi connectivity index (χ0n) is 18.5. The van der Waals surface area contributed by atoms with E-state index in [0.29, 0.717) is 0 Å². The molecule has 2 aliphatic heterocycles. The third kappa shape index (κ3) is 7.10. The lowest BCUT2D eigenvalue weighted by Gasteiger charge is -2.42. The van der Waals surface area contributed by atoms with Crippen LogP contribution in [0.25, 0.3) is 0 Å². The van der Waals surface area contributed by atoms with Crippen molar-refractivity contribution in [2.45, 2.75) is 25.5 Å². The van der Waals surface area contributed by atoms with Gasteiger partial charge in [0.15, 0.2) is 5.96 Å². The molecule has 0 amide bonds. The molecule has 1 unspecified atom stereocenters. The average molecular weight is 438 g/mol. The van der Waals surface area contributed by atoms with E-state index < -0.39 is 0 Å². The number of benzene rings is 1. The molecular weight excluding hydrogens is 402 g/mol. The van der Waals surface area contributed by atoms with Gasteiger partial charge in [0, 0.05) is 57.9 Å². The maximum atomic E-state index is 6.13. The lowest BCUT2D eigenvalue weighted by molar-refractivity contribution is -0.0971. The summed E-state index contributed by atoms with van der Waals surface area (Å²) >= 11 is 6.13. The molecule has 2 saturated heterocycles. The smallest absolute Gasteiger partial charge is 0.191 e. The van der Waals surface area contributed by atoms with Crippen molar-refractivity contribution in [3.05, 3.63) is 34.9 Å².